The van der Waals surface area contributed by atoms with E-state index < -0.39 is 97.5 Å². The Morgan fingerprint density at radius 1 is 0.309 bits per heavy atom. The molecular weight excluding hydrogens is 1230 g/mol. The molecule has 0 saturated heterocycles. The zero-order chi connectivity index (χ0) is 69.0. The van der Waals surface area contributed by atoms with E-state index in [9.17, 15) is 43.2 Å². The van der Waals surface area contributed by atoms with Crippen LogP contribution in [-0.4, -0.2) is 96.7 Å². The van der Waals surface area contributed by atoms with Crippen molar-refractivity contribution in [3.63, 3.8) is 0 Å². The highest BCUT2D eigenvalue weighted by Gasteiger charge is 2.30. The van der Waals surface area contributed by atoms with E-state index >= 15 is 0 Å². The van der Waals surface area contributed by atoms with E-state index in [1.54, 1.807) is 0 Å². The molecule has 17 nitrogen and oxygen atoms in total. The summed E-state index contributed by atoms with van der Waals surface area (Å²) in [6, 6.07) is 0. The predicted molar refractivity (Wildman–Crippen MR) is 381 cm³/mol. The summed E-state index contributed by atoms with van der Waals surface area (Å²) in [5.41, 5.74) is 0. The summed E-state index contributed by atoms with van der Waals surface area (Å²) < 4.78 is 68.2. The molecule has 0 bridgehead atoms. The van der Waals surface area contributed by atoms with Crippen LogP contribution in [0.15, 0.2) is 85.1 Å². The first-order valence-electron chi connectivity index (χ1n) is 36.8. The molecule has 0 aliphatic rings. The maximum Gasteiger partial charge on any atom is 0.472 e. The van der Waals surface area contributed by atoms with Gasteiger partial charge in [0.1, 0.15) is 19.3 Å². The van der Waals surface area contributed by atoms with Crippen LogP contribution < -0.4 is 0 Å². The molecule has 0 aromatic heterocycles. The maximum absolute atomic E-state index is 13.0. The number of aliphatic hydroxyl groups excluding tert-OH is 1. The standard InChI is InChI=1S/C75H132O17P2/c1-5-9-13-17-21-25-29-31-32-33-34-35-36-38-41-44-48-52-56-60-73(78)86-66-71(92-75(80)62-58-54-50-46-42-37-30-26-22-18-14-10-6-2)68-90-94(83,84)88-64-69(76)63-87-93(81,82)89-67-70(91-74(79)61-57-53-49-45-40-28-24-20-16-12-8-4)65-85-72(77)59-55-51-47-43-39-27-23-19-15-11-7-3/h9,13,19,21,23,25,31-32,34-35,38,41,48,52,69-71,76H,5-8,10-12,14-18,20,22,24,26-30,33,36-37,39-40,42-47,49-51,53-68H2,1-4H3,(H,81,82)(H,83,84)/b13-9-,23-19-,25-21-,32-31-,35-34-,41-38-,52-48-. The Morgan fingerprint density at radius 2 is 0.585 bits per heavy atom. The smallest absolute Gasteiger partial charge is 0.462 e. The van der Waals surface area contributed by atoms with E-state index in [4.69, 9.17) is 37.0 Å². The molecule has 0 rings (SSSR count). The summed E-state index contributed by atoms with van der Waals surface area (Å²) in [4.78, 5) is 72.6. The van der Waals surface area contributed by atoms with Crippen LogP contribution in [0.1, 0.15) is 310 Å². The normalized spacial score (nSPS) is 14.5. The summed E-state index contributed by atoms with van der Waals surface area (Å²) >= 11 is 0. The molecule has 5 unspecified atom stereocenters. The topological polar surface area (TPSA) is 237 Å². The molecule has 94 heavy (non-hydrogen) atoms. The van der Waals surface area contributed by atoms with E-state index in [1.165, 1.54) is 103 Å². The third-order valence-corrected chi connectivity index (χ3v) is 17.3. The largest absolute Gasteiger partial charge is 0.472 e. The van der Waals surface area contributed by atoms with Crippen molar-refractivity contribution < 1.29 is 80.2 Å². The van der Waals surface area contributed by atoms with Gasteiger partial charge in [-0.1, -0.05) is 286 Å². The fourth-order valence-electron chi connectivity index (χ4n) is 9.76. The van der Waals surface area contributed by atoms with Gasteiger partial charge < -0.3 is 33.8 Å². The van der Waals surface area contributed by atoms with Gasteiger partial charge in [0.15, 0.2) is 12.2 Å². The second-order valence-corrected chi connectivity index (χ2v) is 27.4. The van der Waals surface area contributed by atoms with E-state index in [0.29, 0.717) is 32.1 Å². The van der Waals surface area contributed by atoms with Crippen LogP contribution in [0, 0.1) is 0 Å². The molecule has 0 saturated carbocycles. The Kier molecular flexibility index (Phi) is 65.1. The van der Waals surface area contributed by atoms with Gasteiger partial charge in [-0.3, -0.25) is 37.3 Å². The second kappa shape index (κ2) is 67.8. The predicted octanol–water partition coefficient (Wildman–Crippen LogP) is 20.7. The number of aliphatic hydroxyl groups is 1. The molecular formula is C75H132O17P2. The van der Waals surface area contributed by atoms with Crippen LogP contribution in [0.5, 0.6) is 0 Å². The first-order valence-corrected chi connectivity index (χ1v) is 39.8. The van der Waals surface area contributed by atoms with Crippen molar-refractivity contribution in [2.24, 2.45) is 0 Å². The van der Waals surface area contributed by atoms with Crippen LogP contribution >= 0.6 is 15.6 Å². The van der Waals surface area contributed by atoms with Gasteiger partial charge in [-0.15, -0.1) is 0 Å². The molecule has 0 fully saturated rings. The van der Waals surface area contributed by atoms with Crippen molar-refractivity contribution in [3.8, 4) is 0 Å². The summed E-state index contributed by atoms with van der Waals surface area (Å²) in [5, 5.41) is 10.6. The number of allylic oxidation sites excluding steroid dienone is 14. The van der Waals surface area contributed by atoms with Crippen molar-refractivity contribution in [2.45, 2.75) is 329 Å². The molecule has 0 aliphatic carbocycles. The molecule has 544 valence electrons. The van der Waals surface area contributed by atoms with Gasteiger partial charge in [0.2, 0.25) is 0 Å². The quantitative estimate of drug-likeness (QED) is 0.0169. The number of carbonyl (C=O) groups excluding carboxylic acids is 4. The lowest BCUT2D eigenvalue weighted by atomic mass is 10.0. The minimum absolute atomic E-state index is 0.0390. The van der Waals surface area contributed by atoms with Crippen molar-refractivity contribution in [1.29, 1.82) is 0 Å². The van der Waals surface area contributed by atoms with Crippen LogP contribution in [0.2, 0.25) is 0 Å². The Bertz CT molecular complexity index is 2120. The van der Waals surface area contributed by atoms with Gasteiger partial charge >= 0.3 is 39.5 Å². The molecule has 0 amide bonds. The van der Waals surface area contributed by atoms with E-state index in [2.05, 4.69) is 94.5 Å². The highest BCUT2D eigenvalue weighted by molar-refractivity contribution is 7.47. The highest BCUT2D eigenvalue weighted by Crippen LogP contribution is 2.45. The molecule has 19 heteroatoms. The summed E-state index contributed by atoms with van der Waals surface area (Å²) in [6.07, 6.45) is 67.5. The van der Waals surface area contributed by atoms with Gasteiger partial charge in [0.05, 0.1) is 26.4 Å². The molecule has 0 spiro atoms. The van der Waals surface area contributed by atoms with Crippen molar-refractivity contribution >= 4 is 39.5 Å². The van der Waals surface area contributed by atoms with Crippen LogP contribution in [0.25, 0.3) is 0 Å². The molecule has 0 radical (unpaired) electrons. The first-order chi connectivity index (χ1) is 45.7. The van der Waals surface area contributed by atoms with E-state index in [-0.39, 0.29) is 25.7 Å². The number of phosphoric ester groups is 2. The summed E-state index contributed by atoms with van der Waals surface area (Å²) in [7, 11) is -9.95. The minimum Gasteiger partial charge on any atom is -0.462 e. The molecule has 0 aromatic rings. The zero-order valence-corrected chi connectivity index (χ0v) is 60.9. The SMILES string of the molecule is CC/C=C\C/C=C\C/C=C\C/C=C\C/C=C\C/C=C\CCC(=O)OCC(COP(=O)(O)OCC(O)COP(=O)(O)OCC(COC(=O)CCCCCCC/C=C\CCCC)OC(=O)CCCCCCCCCCCCC)OC(=O)CCCCCCCCCCCCCCC. The van der Waals surface area contributed by atoms with Crippen molar-refractivity contribution in [3.05, 3.63) is 85.1 Å². The molecule has 5 atom stereocenters. The monoisotopic (exact) mass is 1370 g/mol. The third kappa shape index (κ3) is 66.8. The number of ether oxygens (including phenoxy) is 4. The van der Waals surface area contributed by atoms with E-state index in [0.717, 1.165) is 122 Å². The number of carbonyl (C=O) groups is 4. The highest BCUT2D eigenvalue weighted by atomic mass is 31.2. The first kappa shape index (κ1) is 90.2. The lowest BCUT2D eigenvalue weighted by molar-refractivity contribution is -0.161. The average Bonchev–Trinajstić information content (AvgIpc) is 1.73. The van der Waals surface area contributed by atoms with Gasteiger partial charge in [0.25, 0.3) is 0 Å². The maximum atomic E-state index is 13.0. The zero-order valence-electron chi connectivity index (χ0n) is 59.1. The van der Waals surface area contributed by atoms with Crippen LogP contribution in [-0.2, 0) is 65.4 Å². The Hall–Kier alpha value is -3.76. The van der Waals surface area contributed by atoms with Gasteiger partial charge in [0, 0.05) is 25.7 Å². The van der Waals surface area contributed by atoms with Gasteiger partial charge in [-0.05, 0) is 83.5 Å². The number of hydrogen-bond acceptors (Lipinski definition) is 15. The second-order valence-electron chi connectivity index (χ2n) is 24.5. The van der Waals surface area contributed by atoms with Crippen molar-refractivity contribution in [1.82, 2.24) is 0 Å². The third-order valence-electron chi connectivity index (χ3n) is 15.4. The fourth-order valence-corrected chi connectivity index (χ4v) is 11.3. The van der Waals surface area contributed by atoms with Gasteiger partial charge in [-0.25, -0.2) is 9.13 Å². The number of hydrogen-bond donors (Lipinski definition) is 3. The summed E-state index contributed by atoms with van der Waals surface area (Å²) in [5.74, 6) is -2.26. The fraction of sp³-hybridized carbons (Fsp3) is 0.760. The Morgan fingerprint density at radius 3 is 0.947 bits per heavy atom. The number of esters is 4. The summed E-state index contributed by atoms with van der Waals surface area (Å²) in [6.45, 7) is 4.63. The van der Waals surface area contributed by atoms with E-state index in [1.807, 2.05) is 18.2 Å². The van der Waals surface area contributed by atoms with Crippen molar-refractivity contribution in [2.75, 3.05) is 39.6 Å². The lowest BCUT2D eigenvalue weighted by Crippen LogP contribution is -2.30. The van der Waals surface area contributed by atoms with Gasteiger partial charge in [-0.2, -0.15) is 0 Å². The number of phosphoric acid groups is 2. The molecule has 0 heterocycles. The average molecular weight is 1370 g/mol. The van der Waals surface area contributed by atoms with Crippen LogP contribution in [0.3, 0.4) is 0 Å². The Balaban J connectivity index is 5.35. The van der Waals surface area contributed by atoms with Crippen LogP contribution in [0.4, 0.5) is 0 Å². The molecule has 3 N–H and O–H groups in total. The molecule has 0 aromatic carbocycles. The Labute approximate surface area is 570 Å². The number of rotatable bonds is 69. The number of unbranched alkanes of at least 4 members (excludes halogenated alkanes) is 29. The minimum atomic E-state index is -4.98. The molecule has 0 aliphatic heterocycles. The lowest BCUT2D eigenvalue weighted by Gasteiger charge is -2.21.